The minimum Gasteiger partial charge on any atom is -0.0832 e. The second-order valence-electron chi connectivity index (χ2n) is 4.13. The molecule has 2 atom stereocenters. The topological polar surface area (TPSA) is 0 Å². The molecule has 1 aromatic rings. The molecule has 12 heavy (non-hydrogen) atoms. The second kappa shape index (κ2) is 1.39. The Hall–Kier alpha value is -1.04. The van der Waals surface area contributed by atoms with E-state index in [0.717, 1.165) is 11.8 Å². The van der Waals surface area contributed by atoms with Gasteiger partial charge >= 0.3 is 0 Å². The maximum Gasteiger partial charge on any atom is 0.0173 e. The third-order valence-corrected chi connectivity index (χ3v) is 3.86. The molecule has 1 aromatic carbocycles. The van der Waals surface area contributed by atoms with Crippen molar-refractivity contribution in [2.24, 2.45) is 0 Å². The average Bonchev–Trinajstić information content (AvgIpc) is 1.95. The molecule has 4 rings (SSSR count). The van der Waals surface area contributed by atoms with Gasteiger partial charge in [0.1, 0.15) is 0 Å². The molecule has 0 saturated heterocycles. The van der Waals surface area contributed by atoms with Gasteiger partial charge in [-0.1, -0.05) is 18.2 Å². The summed E-state index contributed by atoms with van der Waals surface area (Å²) >= 11 is 0. The Labute approximate surface area is 71.9 Å². The summed E-state index contributed by atoms with van der Waals surface area (Å²) in [7, 11) is 0. The zero-order chi connectivity index (χ0) is 7.87. The first-order chi connectivity index (χ1) is 5.92. The predicted octanol–water partition coefficient (Wildman–Crippen LogP) is 2.84. The van der Waals surface area contributed by atoms with Crippen LogP contribution in [-0.4, -0.2) is 0 Å². The monoisotopic (exact) mass is 154 g/mol. The van der Waals surface area contributed by atoms with E-state index in [0.29, 0.717) is 0 Å². The molecular formula is C12H10. The van der Waals surface area contributed by atoms with Crippen LogP contribution in [0.25, 0.3) is 5.57 Å². The van der Waals surface area contributed by atoms with Crippen LogP contribution >= 0.6 is 0 Å². The highest BCUT2D eigenvalue weighted by atomic mass is 14.6. The van der Waals surface area contributed by atoms with Crippen molar-refractivity contribution >= 4 is 5.57 Å². The molecule has 0 amide bonds. The van der Waals surface area contributed by atoms with Gasteiger partial charge < -0.3 is 0 Å². The third-order valence-electron chi connectivity index (χ3n) is 3.86. The van der Waals surface area contributed by atoms with Gasteiger partial charge in [0.05, 0.1) is 0 Å². The van der Waals surface area contributed by atoms with Crippen molar-refractivity contribution in [1.82, 2.24) is 0 Å². The maximum absolute atomic E-state index is 2.32. The molecule has 0 bridgehead atoms. The van der Waals surface area contributed by atoms with Gasteiger partial charge in [0.15, 0.2) is 0 Å². The lowest BCUT2D eigenvalue weighted by Gasteiger charge is -2.57. The smallest absolute Gasteiger partial charge is 0.0173 e. The molecule has 0 heterocycles. The van der Waals surface area contributed by atoms with Crippen LogP contribution in [0.15, 0.2) is 18.2 Å². The van der Waals surface area contributed by atoms with Gasteiger partial charge in [0, 0.05) is 5.92 Å². The number of allylic oxidation sites excluding steroid dienone is 2. The van der Waals surface area contributed by atoms with E-state index in [-0.39, 0.29) is 0 Å². The highest BCUT2D eigenvalue weighted by molar-refractivity contribution is 5.93. The van der Waals surface area contributed by atoms with Crippen LogP contribution in [0.2, 0.25) is 0 Å². The van der Waals surface area contributed by atoms with Crippen LogP contribution in [0.4, 0.5) is 0 Å². The SMILES string of the molecule is C/C=C1\c2ccc3c4c2C1C4C3. The molecule has 3 aliphatic carbocycles. The summed E-state index contributed by atoms with van der Waals surface area (Å²) in [6.07, 6.45) is 3.65. The van der Waals surface area contributed by atoms with Crippen molar-refractivity contribution in [3.8, 4) is 0 Å². The average molecular weight is 154 g/mol. The quantitative estimate of drug-likeness (QED) is 0.539. The summed E-state index contributed by atoms with van der Waals surface area (Å²) in [5.41, 5.74) is 8.23. The number of hydrogen-bond donors (Lipinski definition) is 0. The van der Waals surface area contributed by atoms with Crippen molar-refractivity contribution < 1.29 is 0 Å². The summed E-state index contributed by atoms with van der Waals surface area (Å²) in [6, 6.07) is 4.64. The summed E-state index contributed by atoms with van der Waals surface area (Å²) in [5.74, 6) is 1.81. The van der Waals surface area contributed by atoms with E-state index in [1.807, 2.05) is 0 Å². The number of hydrogen-bond acceptors (Lipinski definition) is 0. The highest BCUT2D eigenvalue weighted by Gasteiger charge is 2.54. The van der Waals surface area contributed by atoms with E-state index < -0.39 is 0 Å². The Morgan fingerprint density at radius 2 is 2.25 bits per heavy atom. The fourth-order valence-electron chi connectivity index (χ4n) is 3.28. The molecule has 0 saturated carbocycles. The van der Waals surface area contributed by atoms with Crippen LogP contribution < -0.4 is 0 Å². The zero-order valence-electron chi connectivity index (χ0n) is 7.09. The van der Waals surface area contributed by atoms with Gasteiger partial charge in [-0.25, -0.2) is 0 Å². The standard InChI is InChI=1S/C12H10/c1-2-7-8-4-3-6-5-9-10(6)12(8)11(7)9/h2-4,9,11H,5H2,1H3/b7-2+. The van der Waals surface area contributed by atoms with E-state index in [9.17, 15) is 0 Å². The molecule has 0 spiro atoms. The second-order valence-corrected chi connectivity index (χ2v) is 4.13. The third kappa shape index (κ3) is 0.322. The Morgan fingerprint density at radius 1 is 1.33 bits per heavy atom. The fraction of sp³-hybridized carbons (Fsp3) is 0.333. The van der Waals surface area contributed by atoms with Gasteiger partial charge in [0.2, 0.25) is 0 Å². The van der Waals surface area contributed by atoms with Crippen LogP contribution in [0.5, 0.6) is 0 Å². The van der Waals surface area contributed by atoms with E-state index in [4.69, 9.17) is 0 Å². The van der Waals surface area contributed by atoms with Crippen molar-refractivity contribution in [3.63, 3.8) is 0 Å². The Balaban J connectivity index is 2.15. The van der Waals surface area contributed by atoms with Gasteiger partial charge in [-0.15, -0.1) is 0 Å². The Kier molecular flexibility index (Phi) is 0.648. The predicted molar refractivity (Wildman–Crippen MR) is 49.3 cm³/mol. The molecular weight excluding hydrogens is 144 g/mol. The molecule has 0 fully saturated rings. The van der Waals surface area contributed by atoms with E-state index in [2.05, 4.69) is 25.1 Å². The summed E-state index contributed by atoms with van der Waals surface area (Å²) in [5, 5.41) is 0. The molecule has 3 aliphatic rings. The first-order valence-electron chi connectivity index (χ1n) is 4.74. The lowest BCUT2D eigenvalue weighted by Crippen LogP contribution is -2.42. The summed E-state index contributed by atoms with van der Waals surface area (Å²) < 4.78 is 0. The molecule has 0 nitrogen and oxygen atoms in total. The molecule has 0 N–H and O–H groups in total. The van der Waals surface area contributed by atoms with Crippen molar-refractivity contribution in [1.29, 1.82) is 0 Å². The first-order valence-corrected chi connectivity index (χ1v) is 4.74. The largest absolute Gasteiger partial charge is 0.0832 e. The maximum atomic E-state index is 2.32. The minimum atomic E-state index is 0.869. The zero-order valence-corrected chi connectivity index (χ0v) is 7.09. The normalized spacial score (nSPS) is 34.9. The lowest BCUT2D eigenvalue weighted by atomic mass is 9.46. The van der Waals surface area contributed by atoms with Crippen molar-refractivity contribution in [2.75, 3.05) is 0 Å². The highest BCUT2D eigenvalue weighted by Crippen LogP contribution is 2.69. The number of rotatable bonds is 0. The minimum absolute atomic E-state index is 0.869. The van der Waals surface area contributed by atoms with Gasteiger partial charge in [-0.05, 0) is 47.1 Å². The molecule has 58 valence electrons. The van der Waals surface area contributed by atoms with Crippen LogP contribution in [0.3, 0.4) is 0 Å². The summed E-state index contributed by atoms with van der Waals surface area (Å²) in [6.45, 7) is 2.17. The Morgan fingerprint density at radius 3 is 3.08 bits per heavy atom. The molecule has 0 aliphatic heterocycles. The van der Waals surface area contributed by atoms with E-state index in [1.165, 1.54) is 6.42 Å². The van der Waals surface area contributed by atoms with E-state index >= 15 is 0 Å². The van der Waals surface area contributed by atoms with Crippen molar-refractivity contribution in [3.05, 3.63) is 40.5 Å². The number of fused-ring (bicyclic) bond motifs is 1. The van der Waals surface area contributed by atoms with Gasteiger partial charge in [-0.3, -0.25) is 0 Å². The molecule has 0 radical (unpaired) electrons. The fourth-order valence-corrected chi connectivity index (χ4v) is 3.28. The van der Waals surface area contributed by atoms with Crippen LogP contribution in [0, 0.1) is 0 Å². The lowest BCUT2D eigenvalue weighted by molar-refractivity contribution is 0.457. The van der Waals surface area contributed by atoms with Crippen LogP contribution in [0.1, 0.15) is 41.0 Å². The molecule has 0 aromatic heterocycles. The van der Waals surface area contributed by atoms with Crippen molar-refractivity contribution in [2.45, 2.75) is 25.2 Å². The van der Waals surface area contributed by atoms with E-state index in [1.54, 1.807) is 27.8 Å². The summed E-state index contributed by atoms with van der Waals surface area (Å²) in [4.78, 5) is 0. The van der Waals surface area contributed by atoms with Gasteiger partial charge in [-0.2, -0.15) is 0 Å². The van der Waals surface area contributed by atoms with Gasteiger partial charge in [0.25, 0.3) is 0 Å². The Bertz CT molecular complexity index is 438. The van der Waals surface area contributed by atoms with Crippen LogP contribution in [-0.2, 0) is 6.42 Å². The molecule has 0 heteroatoms. The first kappa shape index (κ1) is 5.58. The number of benzene rings is 1. The molecule has 2 unspecified atom stereocenters.